The molecule has 0 fully saturated rings. The first-order chi connectivity index (χ1) is 13.0. The van der Waals surface area contributed by atoms with Crippen molar-refractivity contribution < 1.29 is 23.9 Å². The van der Waals surface area contributed by atoms with Gasteiger partial charge >= 0.3 is 5.97 Å². The third-order valence-electron chi connectivity index (χ3n) is 4.51. The Bertz CT molecular complexity index is 904. The Morgan fingerprint density at radius 3 is 2.44 bits per heavy atom. The Morgan fingerprint density at radius 1 is 0.963 bits per heavy atom. The SMILES string of the molecule is C[C@H]1C(=O)Nc2ccc(C(=O)COC(=O)CCC(=O)c3ccccc3)cc21. The van der Waals surface area contributed by atoms with E-state index in [9.17, 15) is 19.2 Å². The number of ketones is 2. The number of amides is 1. The minimum absolute atomic E-state index is 0.0289. The van der Waals surface area contributed by atoms with Gasteiger partial charge in [-0.3, -0.25) is 19.2 Å². The maximum atomic E-state index is 12.2. The Labute approximate surface area is 156 Å². The molecule has 3 rings (SSSR count). The van der Waals surface area contributed by atoms with Gasteiger partial charge in [-0.25, -0.2) is 0 Å². The number of nitrogens with one attached hydrogen (secondary N) is 1. The number of rotatable bonds is 7. The number of benzene rings is 2. The quantitative estimate of drug-likeness (QED) is 0.601. The number of carbonyl (C=O) groups is 4. The summed E-state index contributed by atoms with van der Waals surface area (Å²) < 4.78 is 4.99. The fourth-order valence-electron chi connectivity index (χ4n) is 2.88. The molecule has 0 aromatic heterocycles. The third kappa shape index (κ3) is 4.28. The van der Waals surface area contributed by atoms with Crippen molar-refractivity contribution in [3.63, 3.8) is 0 Å². The zero-order chi connectivity index (χ0) is 19.4. The number of fused-ring (bicyclic) bond motifs is 1. The Balaban J connectivity index is 1.50. The van der Waals surface area contributed by atoms with Crippen LogP contribution in [0.15, 0.2) is 48.5 Å². The van der Waals surface area contributed by atoms with Gasteiger partial charge in [-0.05, 0) is 30.7 Å². The molecule has 6 nitrogen and oxygen atoms in total. The second-order valence-electron chi connectivity index (χ2n) is 6.39. The topological polar surface area (TPSA) is 89.5 Å². The molecular weight excluding hydrogens is 346 g/mol. The molecule has 1 atom stereocenters. The molecule has 0 saturated heterocycles. The maximum Gasteiger partial charge on any atom is 0.306 e. The number of hydrogen-bond donors (Lipinski definition) is 1. The summed E-state index contributed by atoms with van der Waals surface area (Å²) in [6, 6.07) is 13.6. The van der Waals surface area contributed by atoms with Gasteiger partial charge in [0.25, 0.3) is 0 Å². The van der Waals surface area contributed by atoms with E-state index in [-0.39, 0.29) is 36.2 Å². The van der Waals surface area contributed by atoms with Crippen molar-refractivity contribution in [3.05, 3.63) is 65.2 Å². The van der Waals surface area contributed by atoms with Gasteiger partial charge in [-0.2, -0.15) is 0 Å². The van der Waals surface area contributed by atoms with E-state index in [1.807, 2.05) is 6.07 Å². The van der Waals surface area contributed by atoms with E-state index in [0.717, 1.165) is 5.56 Å². The van der Waals surface area contributed by atoms with Gasteiger partial charge < -0.3 is 10.1 Å². The fraction of sp³-hybridized carbons (Fsp3) is 0.238. The zero-order valence-corrected chi connectivity index (χ0v) is 14.9. The van der Waals surface area contributed by atoms with Crippen LogP contribution in [0.25, 0.3) is 0 Å². The monoisotopic (exact) mass is 365 g/mol. The Kier molecular flexibility index (Phi) is 5.45. The molecule has 2 aromatic carbocycles. The Hall–Kier alpha value is -3.28. The van der Waals surface area contributed by atoms with Gasteiger partial charge in [-0.15, -0.1) is 0 Å². The number of Topliss-reactive ketones (excluding diaryl/α,β-unsaturated/α-hetero) is 2. The smallest absolute Gasteiger partial charge is 0.306 e. The minimum Gasteiger partial charge on any atom is -0.457 e. The van der Waals surface area contributed by atoms with Crippen LogP contribution < -0.4 is 5.32 Å². The van der Waals surface area contributed by atoms with E-state index in [1.54, 1.807) is 49.4 Å². The first kappa shape index (κ1) is 18.5. The highest BCUT2D eigenvalue weighted by molar-refractivity contribution is 6.05. The second kappa shape index (κ2) is 7.95. The lowest BCUT2D eigenvalue weighted by molar-refractivity contribution is -0.142. The van der Waals surface area contributed by atoms with E-state index in [4.69, 9.17) is 4.74 Å². The van der Waals surface area contributed by atoms with Crippen LogP contribution in [-0.4, -0.2) is 30.0 Å². The molecule has 6 heteroatoms. The molecule has 1 amide bonds. The lowest BCUT2D eigenvalue weighted by Gasteiger charge is -2.07. The molecule has 1 heterocycles. The molecule has 1 N–H and O–H groups in total. The lowest BCUT2D eigenvalue weighted by Crippen LogP contribution is -2.15. The fourth-order valence-corrected chi connectivity index (χ4v) is 2.88. The molecule has 0 unspecified atom stereocenters. The number of hydrogen-bond acceptors (Lipinski definition) is 5. The highest BCUT2D eigenvalue weighted by Gasteiger charge is 2.27. The van der Waals surface area contributed by atoms with E-state index in [1.165, 1.54) is 0 Å². The molecule has 0 bridgehead atoms. The lowest BCUT2D eigenvalue weighted by atomic mass is 9.99. The van der Waals surface area contributed by atoms with Crippen LogP contribution in [0.4, 0.5) is 5.69 Å². The summed E-state index contributed by atoms with van der Waals surface area (Å²) in [4.78, 5) is 47.7. The highest BCUT2D eigenvalue weighted by Crippen LogP contribution is 2.32. The number of esters is 1. The molecule has 1 aliphatic rings. The van der Waals surface area contributed by atoms with Gasteiger partial charge in [-0.1, -0.05) is 30.3 Å². The predicted molar refractivity (Wildman–Crippen MR) is 98.8 cm³/mol. The molecule has 2 aromatic rings. The molecule has 0 aliphatic carbocycles. The van der Waals surface area contributed by atoms with Crippen LogP contribution in [0.2, 0.25) is 0 Å². The average molecular weight is 365 g/mol. The molecule has 0 spiro atoms. The van der Waals surface area contributed by atoms with Crippen molar-refractivity contribution in [1.82, 2.24) is 0 Å². The van der Waals surface area contributed by atoms with Gasteiger partial charge in [0, 0.05) is 23.2 Å². The molecule has 1 aliphatic heterocycles. The number of ether oxygens (including phenoxy) is 1. The summed E-state index contributed by atoms with van der Waals surface area (Å²) in [7, 11) is 0. The van der Waals surface area contributed by atoms with Crippen molar-refractivity contribution in [1.29, 1.82) is 0 Å². The summed E-state index contributed by atoms with van der Waals surface area (Å²) >= 11 is 0. The first-order valence-corrected chi connectivity index (χ1v) is 8.67. The summed E-state index contributed by atoms with van der Waals surface area (Å²) in [6.07, 6.45) is -0.0537. The largest absolute Gasteiger partial charge is 0.457 e. The van der Waals surface area contributed by atoms with Crippen LogP contribution in [0.1, 0.15) is 52.0 Å². The first-order valence-electron chi connectivity index (χ1n) is 8.67. The summed E-state index contributed by atoms with van der Waals surface area (Å²) in [5.74, 6) is -1.53. The van der Waals surface area contributed by atoms with Gasteiger partial charge in [0.15, 0.2) is 18.2 Å². The number of anilines is 1. The van der Waals surface area contributed by atoms with Crippen LogP contribution in [0.5, 0.6) is 0 Å². The molecule has 27 heavy (non-hydrogen) atoms. The minimum atomic E-state index is -0.598. The van der Waals surface area contributed by atoms with E-state index in [0.29, 0.717) is 16.8 Å². The van der Waals surface area contributed by atoms with Crippen molar-refractivity contribution >= 4 is 29.1 Å². The molecule has 0 radical (unpaired) electrons. The predicted octanol–water partition coefficient (Wildman–Crippen LogP) is 3.13. The number of carbonyl (C=O) groups excluding carboxylic acids is 4. The van der Waals surface area contributed by atoms with Crippen molar-refractivity contribution in [2.45, 2.75) is 25.7 Å². The van der Waals surface area contributed by atoms with Gasteiger partial charge in [0.2, 0.25) is 5.91 Å². The van der Waals surface area contributed by atoms with Crippen molar-refractivity contribution in [2.24, 2.45) is 0 Å². The standard InChI is InChI=1S/C21H19NO5/c1-13-16-11-15(7-8-17(16)22-21(13)26)19(24)12-27-20(25)10-9-18(23)14-5-3-2-4-6-14/h2-8,11,13H,9-10,12H2,1H3,(H,22,26)/t13-/m1/s1. The Morgan fingerprint density at radius 2 is 1.70 bits per heavy atom. The molecule has 138 valence electrons. The van der Waals surface area contributed by atoms with E-state index in [2.05, 4.69) is 5.32 Å². The van der Waals surface area contributed by atoms with Crippen molar-refractivity contribution in [2.75, 3.05) is 11.9 Å². The summed E-state index contributed by atoms with van der Waals surface area (Å²) in [5.41, 5.74) is 2.37. The van der Waals surface area contributed by atoms with Gasteiger partial charge in [0.1, 0.15) is 0 Å². The van der Waals surface area contributed by atoms with Crippen LogP contribution in [0, 0.1) is 0 Å². The van der Waals surface area contributed by atoms with E-state index < -0.39 is 12.6 Å². The van der Waals surface area contributed by atoms with Crippen molar-refractivity contribution in [3.8, 4) is 0 Å². The molecular formula is C21H19NO5. The zero-order valence-electron chi connectivity index (χ0n) is 14.9. The maximum absolute atomic E-state index is 12.2. The van der Waals surface area contributed by atoms with Gasteiger partial charge in [0.05, 0.1) is 12.3 Å². The summed E-state index contributed by atoms with van der Waals surface area (Å²) in [6.45, 7) is 1.37. The average Bonchev–Trinajstić information content (AvgIpc) is 2.98. The van der Waals surface area contributed by atoms with Crippen LogP contribution in [-0.2, 0) is 14.3 Å². The molecule has 0 saturated carbocycles. The van der Waals surface area contributed by atoms with E-state index >= 15 is 0 Å². The van der Waals surface area contributed by atoms with Crippen LogP contribution >= 0.6 is 0 Å². The highest BCUT2D eigenvalue weighted by atomic mass is 16.5. The second-order valence-corrected chi connectivity index (χ2v) is 6.39. The summed E-state index contributed by atoms with van der Waals surface area (Å²) in [5, 5.41) is 2.74. The third-order valence-corrected chi connectivity index (χ3v) is 4.51. The normalized spacial score (nSPS) is 15.0. The van der Waals surface area contributed by atoms with Crippen LogP contribution in [0.3, 0.4) is 0 Å².